The zero-order valence-corrected chi connectivity index (χ0v) is 10.4. The molecular formula is C13H17F3O. The Morgan fingerprint density at radius 2 is 1.65 bits per heavy atom. The van der Waals surface area contributed by atoms with E-state index in [4.69, 9.17) is 0 Å². The highest BCUT2D eigenvalue weighted by Crippen LogP contribution is 2.36. The fourth-order valence-corrected chi connectivity index (χ4v) is 1.58. The van der Waals surface area contributed by atoms with Gasteiger partial charge in [0.2, 0.25) is 0 Å². The number of rotatable bonds is 1. The van der Waals surface area contributed by atoms with Crippen LogP contribution in [0.2, 0.25) is 0 Å². The molecule has 0 aromatic heterocycles. The van der Waals surface area contributed by atoms with Crippen molar-refractivity contribution < 1.29 is 18.3 Å². The van der Waals surface area contributed by atoms with Gasteiger partial charge in [0.05, 0.1) is 0 Å². The van der Waals surface area contributed by atoms with Crippen molar-refractivity contribution in [2.24, 2.45) is 0 Å². The minimum atomic E-state index is -4.62. The second-order valence-corrected chi connectivity index (χ2v) is 5.27. The number of hydrogen-bond donors (Lipinski definition) is 1. The number of halogens is 3. The van der Waals surface area contributed by atoms with Crippen molar-refractivity contribution >= 4 is 0 Å². The molecule has 0 saturated heterocycles. The number of alkyl halides is 3. The van der Waals surface area contributed by atoms with Crippen LogP contribution in [-0.4, -0.2) is 11.3 Å². The molecule has 0 spiro atoms. The SMILES string of the molecule is Cc1ccc(C(C)(C)C)cc1C(O)C(F)(F)F. The van der Waals surface area contributed by atoms with Crippen LogP contribution < -0.4 is 0 Å². The Hall–Kier alpha value is -1.03. The maximum atomic E-state index is 12.5. The van der Waals surface area contributed by atoms with Crippen LogP contribution in [0.25, 0.3) is 0 Å². The number of hydrogen-bond acceptors (Lipinski definition) is 1. The van der Waals surface area contributed by atoms with E-state index in [-0.39, 0.29) is 11.0 Å². The normalized spacial score (nSPS) is 14.8. The molecule has 0 radical (unpaired) electrons. The summed E-state index contributed by atoms with van der Waals surface area (Å²) < 4.78 is 37.5. The molecule has 0 bridgehead atoms. The van der Waals surface area contributed by atoms with E-state index in [1.807, 2.05) is 20.8 Å². The lowest BCUT2D eigenvalue weighted by Gasteiger charge is -2.23. The molecule has 1 aromatic carbocycles. The highest BCUT2D eigenvalue weighted by Gasteiger charge is 2.40. The lowest BCUT2D eigenvalue weighted by atomic mass is 9.84. The Morgan fingerprint density at radius 3 is 2.06 bits per heavy atom. The lowest BCUT2D eigenvalue weighted by molar-refractivity contribution is -0.207. The van der Waals surface area contributed by atoms with Crippen LogP contribution in [0.3, 0.4) is 0 Å². The standard InChI is InChI=1S/C13H17F3O/c1-8-5-6-9(12(2,3)4)7-10(8)11(17)13(14,15)16/h5-7,11,17H,1-4H3. The predicted octanol–water partition coefficient (Wildman–Crippen LogP) is 3.89. The van der Waals surface area contributed by atoms with E-state index in [9.17, 15) is 18.3 Å². The third kappa shape index (κ3) is 3.22. The van der Waals surface area contributed by atoms with Gasteiger partial charge in [0.25, 0.3) is 0 Å². The number of benzene rings is 1. The summed E-state index contributed by atoms with van der Waals surface area (Å²) in [6.07, 6.45) is -7.04. The van der Waals surface area contributed by atoms with Gasteiger partial charge >= 0.3 is 6.18 Å². The molecule has 0 aliphatic heterocycles. The molecule has 0 fully saturated rings. The van der Waals surface area contributed by atoms with Gasteiger partial charge in [0, 0.05) is 0 Å². The van der Waals surface area contributed by atoms with Crippen molar-refractivity contribution in [2.45, 2.75) is 45.4 Å². The zero-order chi connectivity index (χ0) is 13.4. The van der Waals surface area contributed by atoms with Crippen LogP contribution >= 0.6 is 0 Å². The van der Waals surface area contributed by atoms with E-state index in [0.717, 1.165) is 5.56 Å². The molecule has 96 valence electrons. The van der Waals surface area contributed by atoms with Gasteiger partial charge in [-0.25, -0.2) is 0 Å². The van der Waals surface area contributed by atoms with Gasteiger partial charge in [-0.3, -0.25) is 0 Å². The Labute approximate surface area is 99.3 Å². The molecule has 1 atom stereocenters. The second-order valence-electron chi connectivity index (χ2n) is 5.27. The summed E-state index contributed by atoms with van der Waals surface area (Å²) in [5.74, 6) is 0. The van der Waals surface area contributed by atoms with E-state index in [1.165, 1.54) is 6.07 Å². The smallest absolute Gasteiger partial charge is 0.379 e. The van der Waals surface area contributed by atoms with Gasteiger partial charge in [-0.05, 0) is 29.0 Å². The van der Waals surface area contributed by atoms with Crippen molar-refractivity contribution in [3.63, 3.8) is 0 Å². The summed E-state index contributed by atoms with van der Waals surface area (Å²) in [6.45, 7) is 7.32. The average Bonchev–Trinajstić information content (AvgIpc) is 2.14. The van der Waals surface area contributed by atoms with Crippen LogP contribution in [0.1, 0.15) is 43.6 Å². The van der Waals surface area contributed by atoms with E-state index < -0.39 is 12.3 Å². The molecule has 4 heteroatoms. The van der Waals surface area contributed by atoms with Gasteiger partial charge in [-0.15, -0.1) is 0 Å². The minimum absolute atomic E-state index is 0.0649. The first-order valence-corrected chi connectivity index (χ1v) is 5.39. The highest BCUT2D eigenvalue weighted by molar-refractivity contribution is 5.36. The maximum Gasteiger partial charge on any atom is 0.418 e. The maximum absolute atomic E-state index is 12.5. The van der Waals surface area contributed by atoms with Crippen LogP contribution in [0, 0.1) is 6.92 Å². The van der Waals surface area contributed by atoms with Crippen LogP contribution in [0.15, 0.2) is 18.2 Å². The molecule has 1 nitrogen and oxygen atoms in total. The summed E-state index contributed by atoms with van der Waals surface area (Å²) in [6, 6.07) is 4.85. The largest absolute Gasteiger partial charge is 0.418 e. The molecule has 0 amide bonds. The summed E-state index contributed by atoms with van der Waals surface area (Å²) >= 11 is 0. The van der Waals surface area contributed by atoms with Gasteiger partial charge in [-0.1, -0.05) is 39.0 Å². The van der Waals surface area contributed by atoms with Crippen LogP contribution in [-0.2, 0) is 5.41 Å². The van der Waals surface area contributed by atoms with Gasteiger partial charge < -0.3 is 5.11 Å². The summed E-state index contributed by atoms with van der Waals surface area (Å²) in [5.41, 5.74) is 0.919. The van der Waals surface area contributed by atoms with E-state index in [1.54, 1.807) is 19.1 Å². The lowest BCUT2D eigenvalue weighted by Crippen LogP contribution is -2.22. The Kier molecular flexibility index (Phi) is 3.58. The predicted molar refractivity (Wildman–Crippen MR) is 60.9 cm³/mol. The zero-order valence-electron chi connectivity index (χ0n) is 10.4. The summed E-state index contributed by atoms with van der Waals surface area (Å²) in [5, 5.41) is 9.30. The summed E-state index contributed by atoms with van der Waals surface area (Å²) in [7, 11) is 0. The fraction of sp³-hybridized carbons (Fsp3) is 0.538. The molecule has 1 unspecified atom stereocenters. The molecule has 1 aromatic rings. The van der Waals surface area contributed by atoms with Gasteiger partial charge in [0.1, 0.15) is 0 Å². The van der Waals surface area contributed by atoms with E-state index in [0.29, 0.717) is 5.56 Å². The third-order valence-corrected chi connectivity index (χ3v) is 2.75. The topological polar surface area (TPSA) is 20.2 Å². The quantitative estimate of drug-likeness (QED) is 0.797. The molecule has 0 aliphatic rings. The van der Waals surface area contributed by atoms with Gasteiger partial charge in [0.15, 0.2) is 6.10 Å². The van der Waals surface area contributed by atoms with Crippen molar-refractivity contribution in [3.8, 4) is 0 Å². The Bertz CT molecular complexity index is 402. The first kappa shape index (κ1) is 14.0. The van der Waals surface area contributed by atoms with E-state index >= 15 is 0 Å². The number of aryl methyl sites for hydroxylation is 1. The molecule has 0 saturated carbocycles. The fourth-order valence-electron chi connectivity index (χ4n) is 1.58. The summed E-state index contributed by atoms with van der Waals surface area (Å²) in [4.78, 5) is 0. The molecule has 1 N–H and O–H groups in total. The molecule has 0 heterocycles. The van der Waals surface area contributed by atoms with E-state index in [2.05, 4.69) is 0 Å². The van der Waals surface area contributed by atoms with Crippen molar-refractivity contribution in [3.05, 3.63) is 34.9 Å². The first-order valence-electron chi connectivity index (χ1n) is 5.39. The van der Waals surface area contributed by atoms with Crippen molar-refractivity contribution in [2.75, 3.05) is 0 Å². The third-order valence-electron chi connectivity index (χ3n) is 2.75. The number of aliphatic hydroxyl groups excluding tert-OH is 1. The van der Waals surface area contributed by atoms with Crippen LogP contribution in [0.5, 0.6) is 0 Å². The Morgan fingerprint density at radius 1 is 1.12 bits per heavy atom. The number of aliphatic hydroxyl groups is 1. The Balaban J connectivity index is 3.25. The van der Waals surface area contributed by atoms with Crippen molar-refractivity contribution in [1.82, 2.24) is 0 Å². The van der Waals surface area contributed by atoms with Gasteiger partial charge in [-0.2, -0.15) is 13.2 Å². The first-order chi connectivity index (χ1) is 7.53. The second kappa shape index (κ2) is 4.33. The molecular weight excluding hydrogens is 229 g/mol. The van der Waals surface area contributed by atoms with Crippen LogP contribution in [0.4, 0.5) is 13.2 Å². The minimum Gasteiger partial charge on any atom is -0.379 e. The average molecular weight is 246 g/mol. The van der Waals surface area contributed by atoms with Crippen molar-refractivity contribution in [1.29, 1.82) is 0 Å². The molecule has 1 rings (SSSR count). The highest BCUT2D eigenvalue weighted by atomic mass is 19.4. The molecule has 0 aliphatic carbocycles. The molecule has 17 heavy (non-hydrogen) atoms. The monoisotopic (exact) mass is 246 g/mol.